The van der Waals surface area contributed by atoms with Crippen molar-refractivity contribution in [3.05, 3.63) is 107 Å². The Labute approximate surface area is 236 Å². The van der Waals surface area contributed by atoms with Gasteiger partial charge >= 0.3 is 0 Å². The van der Waals surface area contributed by atoms with E-state index in [0.717, 1.165) is 6.67 Å². The lowest BCUT2D eigenvalue weighted by molar-refractivity contribution is 0.806. The molecule has 202 valence electrons. The van der Waals surface area contributed by atoms with Gasteiger partial charge in [-0.15, -0.1) is 0 Å². The predicted molar refractivity (Wildman–Crippen MR) is 170 cm³/mol. The molecule has 2 nitrogen and oxygen atoms in total. The van der Waals surface area contributed by atoms with Gasteiger partial charge in [-0.1, -0.05) is 128 Å². The molecule has 0 saturated heterocycles. The predicted octanol–water partition coefficient (Wildman–Crippen LogP) is 11.1. The van der Waals surface area contributed by atoms with Crippen LogP contribution < -0.4 is 9.80 Å². The Hall–Kier alpha value is -3.52. The zero-order valence-corrected chi connectivity index (χ0v) is 25.0. The first-order valence-corrected chi connectivity index (χ1v) is 14.7. The maximum absolute atomic E-state index is 2.60. The lowest BCUT2D eigenvalue weighted by Gasteiger charge is -2.31. The van der Waals surface area contributed by atoms with Crippen LogP contribution in [0.1, 0.15) is 101 Å². The summed E-state index contributed by atoms with van der Waals surface area (Å²) in [6.07, 6.45) is 0. The molecule has 0 fully saturated rings. The molecule has 0 saturated carbocycles. The van der Waals surface area contributed by atoms with E-state index in [9.17, 15) is 0 Å². The minimum atomic E-state index is 0.433. The molecule has 1 aliphatic heterocycles. The molecule has 4 aromatic rings. The first-order valence-electron chi connectivity index (χ1n) is 14.7. The van der Waals surface area contributed by atoms with Crippen LogP contribution >= 0.6 is 0 Å². The summed E-state index contributed by atoms with van der Waals surface area (Å²) in [7, 11) is 0. The first kappa shape index (κ1) is 27.1. The monoisotopic (exact) mass is 516 g/mol. The molecule has 1 heterocycles. The standard InChI is InChI=1S/C37H44N2/c1-24(2)30-16-12-17-31(25(3)4)36(30)38-23-39(37-32(26(5)6)18-13-19-33(37)27(7)8)35-22-29(20-21-34(35)38)28-14-10-9-11-15-28/h9-22,24-27H,23H2,1-8H3. The Morgan fingerprint density at radius 1 is 0.436 bits per heavy atom. The highest BCUT2D eigenvalue weighted by molar-refractivity contribution is 5.92. The van der Waals surface area contributed by atoms with Gasteiger partial charge in [0.15, 0.2) is 0 Å². The van der Waals surface area contributed by atoms with Gasteiger partial charge in [0, 0.05) is 11.4 Å². The molecule has 0 amide bonds. The molecule has 39 heavy (non-hydrogen) atoms. The molecule has 2 heteroatoms. The summed E-state index contributed by atoms with van der Waals surface area (Å²) >= 11 is 0. The summed E-state index contributed by atoms with van der Waals surface area (Å²) in [5, 5.41) is 0. The summed E-state index contributed by atoms with van der Waals surface area (Å²) in [5.41, 5.74) is 13.5. The molecule has 0 aliphatic carbocycles. The molecule has 0 aromatic heterocycles. The van der Waals surface area contributed by atoms with Crippen molar-refractivity contribution in [1.82, 2.24) is 0 Å². The van der Waals surface area contributed by atoms with Crippen LogP contribution in [0, 0.1) is 0 Å². The molecule has 0 unspecified atom stereocenters. The van der Waals surface area contributed by atoms with Crippen molar-refractivity contribution in [2.75, 3.05) is 16.5 Å². The van der Waals surface area contributed by atoms with Crippen LogP contribution in [-0.2, 0) is 0 Å². The normalized spacial score (nSPS) is 13.3. The van der Waals surface area contributed by atoms with E-state index in [0.29, 0.717) is 23.7 Å². The van der Waals surface area contributed by atoms with Crippen molar-refractivity contribution < 1.29 is 0 Å². The first-order chi connectivity index (χ1) is 18.7. The average molecular weight is 517 g/mol. The fourth-order valence-corrected chi connectivity index (χ4v) is 6.10. The Morgan fingerprint density at radius 3 is 1.31 bits per heavy atom. The van der Waals surface area contributed by atoms with E-state index < -0.39 is 0 Å². The average Bonchev–Trinajstić information content (AvgIpc) is 3.30. The molecule has 0 N–H and O–H groups in total. The maximum atomic E-state index is 2.60. The van der Waals surface area contributed by atoms with Crippen LogP contribution in [0.4, 0.5) is 22.7 Å². The number of anilines is 4. The molecule has 4 aromatic carbocycles. The molecular weight excluding hydrogens is 472 g/mol. The van der Waals surface area contributed by atoms with Crippen molar-refractivity contribution >= 4 is 22.7 Å². The third kappa shape index (κ3) is 4.98. The second kappa shape index (κ2) is 10.9. The van der Waals surface area contributed by atoms with E-state index in [4.69, 9.17) is 0 Å². The summed E-state index contributed by atoms with van der Waals surface area (Å²) in [5.74, 6) is 1.74. The Bertz CT molecular complexity index is 1390. The Morgan fingerprint density at radius 2 is 0.872 bits per heavy atom. The number of benzene rings is 4. The van der Waals surface area contributed by atoms with Gasteiger partial charge in [-0.2, -0.15) is 0 Å². The zero-order chi connectivity index (χ0) is 27.8. The number of para-hydroxylation sites is 2. The van der Waals surface area contributed by atoms with E-state index in [2.05, 4.69) is 150 Å². The largest absolute Gasteiger partial charge is 0.320 e. The van der Waals surface area contributed by atoms with Crippen molar-refractivity contribution in [2.45, 2.75) is 79.1 Å². The Kier molecular flexibility index (Phi) is 7.58. The van der Waals surface area contributed by atoms with E-state index in [1.165, 1.54) is 56.1 Å². The van der Waals surface area contributed by atoms with Gasteiger partial charge in [0.1, 0.15) is 6.67 Å². The van der Waals surface area contributed by atoms with E-state index in [1.54, 1.807) is 0 Å². The van der Waals surface area contributed by atoms with Gasteiger partial charge in [0.05, 0.1) is 11.4 Å². The SMILES string of the molecule is CC(C)c1cccc(C(C)C)c1N1CN(c2c(C(C)C)cccc2C(C)C)c2cc(-c3ccccc3)ccc21. The summed E-state index contributed by atoms with van der Waals surface area (Å²) in [6, 6.07) is 31.7. The second-order valence-electron chi connectivity index (χ2n) is 12.3. The number of hydrogen-bond acceptors (Lipinski definition) is 2. The highest BCUT2D eigenvalue weighted by Crippen LogP contribution is 2.51. The molecule has 0 spiro atoms. The van der Waals surface area contributed by atoms with Gasteiger partial charge in [-0.3, -0.25) is 0 Å². The van der Waals surface area contributed by atoms with Crippen LogP contribution in [0.5, 0.6) is 0 Å². The minimum absolute atomic E-state index is 0.433. The zero-order valence-electron chi connectivity index (χ0n) is 25.0. The van der Waals surface area contributed by atoms with E-state index in [-0.39, 0.29) is 0 Å². The van der Waals surface area contributed by atoms with Crippen LogP contribution in [0.15, 0.2) is 84.9 Å². The fourth-order valence-electron chi connectivity index (χ4n) is 6.10. The van der Waals surface area contributed by atoms with Crippen molar-refractivity contribution in [2.24, 2.45) is 0 Å². The quantitative estimate of drug-likeness (QED) is 0.241. The van der Waals surface area contributed by atoms with E-state index in [1.807, 2.05) is 0 Å². The maximum Gasteiger partial charge on any atom is 0.100 e. The topological polar surface area (TPSA) is 6.48 Å². The summed E-state index contributed by atoms with van der Waals surface area (Å²) in [4.78, 5) is 5.20. The lowest BCUT2D eigenvalue weighted by atomic mass is 9.91. The van der Waals surface area contributed by atoms with Crippen LogP contribution in [-0.4, -0.2) is 6.67 Å². The van der Waals surface area contributed by atoms with Gasteiger partial charge < -0.3 is 9.80 Å². The fraction of sp³-hybridized carbons (Fsp3) is 0.351. The minimum Gasteiger partial charge on any atom is -0.320 e. The lowest BCUT2D eigenvalue weighted by Crippen LogP contribution is -2.27. The number of hydrogen-bond donors (Lipinski definition) is 0. The third-order valence-electron chi connectivity index (χ3n) is 8.17. The molecule has 0 bridgehead atoms. The van der Waals surface area contributed by atoms with Crippen LogP contribution in [0.25, 0.3) is 11.1 Å². The van der Waals surface area contributed by atoms with Crippen molar-refractivity contribution in [3.8, 4) is 11.1 Å². The van der Waals surface area contributed by atoms with Crippen LogP contribution in [0.3, 0.4) is 0 Å². The molecule has 0 atom stereocenters. The summed E-state index contributed by atoms with van der Waals surface area (Å²) in [6.45, 7) is 19.4. The number of rotatable bonds is 7. The van der Waals surface area contributed by atoms with Gasteiger partial charge in [0.25, 0.3) is 0 Å². The van der Waals surface area contributed by atoms with Gasteiger partial charge in [-0.05, 0) is 69.2 Å². The molecule has 0 radical (unpaired) electrons. The number of nitrogens with zero attached hydrogens (tertiary/aromatic N) is 2. The van der Waals surface area contributed by atoms with Crippen molar-refractivity contribution in [1.29, 1.82) is 0 Å². The number of fused-ring (bicyclic) bond motifs is 1. The third-order valence-corrected chi connectivity index (χ3v) is 8.17. The van der Waals surface area contributed by atoms with Crippen LogP contribution in [0.2, 0.25) is 0 Å². The smallest absolute Gasteiger partial charge is 0.100 e. The van der Waals surface area contributed by atoms with Gasteiger partial charge in [0.2, 0.25) is 0 Å². The molecule has 1 aliphatic rings. The van der Waals surface area contributed by atoms with Gasteiger partial charge in [-0.25, -0.2) is 0 Å². The van der Waals surface area contributed by atoms with Crippen molar-refractivity contribution in [3.63, 3.8) is 0 Å². The highest BCUT2D eigenvalue weighted by atomic mass is 15.4. The highest BCUT2D eigenvalue weighted by Gasteiger charge is 2.34. The van der Waals surface area contributed by atoms with E-state index >= 15 is 0 Å². The second-order valence-corrected chi connectivity index (χ2v) is 12.3. The summed E-state index contributed by atoms with van der Waals surface area (Å²) < 4.78 is 0. The molecule has 5 rings (SSSR count). The molecular formula is C37H44N2. The Balaban J connectivity index is 1.79.